The van der Waals surface area contributed by atoms with Gasteiger partial charge in [-0.25, -0.2) is 4.98 Å². The van der Waals surface area contributed by atoms with Crippen LogP contribution in [0.5, 0.6) is 0 Å². The lowest BCUT2D eigenvalue weighted by Gasteiger charge is -2.21. The van der Waals surface area contributed by atoms with Crippen LogP contribution in [0.3, 0.4) is 0 Å². The number of thiazole rings is 1. The SMILES string of the molecule is CN(C)CCCN(C(=O)c1ccc2ccccc2c1)c1nc2ccc(Cl)cc2s1.Cl. The normalized spacial score (nSPS) is 11.1. The summed E-state index contributed by atoms with van der Waals surface area (Å²) in [5, 5.41) is 3.56. The topological polar surface area (TPSA) is 36.4 Å². The smallest absolute Gasteiger partial charge is 0.260 e. The Hall–Kier alpha value is -2.18. The molecule has 156 valence electrons. The highest BCUT2D eigenvalue weighted by Crippen LogP contribution is 2.32. The van der Waals surface area contributed by atoms with E-state index in [9.17, 15) is 4.79 Å². The van der Waals surface area contributed by atoms with Crippen molar-refractivity contribution in [2.45, 2.75) is 6.42 Å². The molecule has 0 bridgehead atoms. The number of nitrogens with zero attached hydrogens (tertiary/aromatic N) is 3. The van der Waals surface area contributed by atoms with Crippen molar-refractivity contribution < 1.29 is 4.79 Å². The number of halogens is 2. The Kier molecular flexibility index (Phi) is 7.32. The minimum atomic E-state index is -0.0281. The molecule has 3 aromatic carbocycles. The second-order valence-corrected chi connectivity index (χ2v) is 8.73. The number of fused-ring (bicyclic) bond motifs is 2. The molecule has 30 heavy (non-hydrogen) atoms. The molecule has 0 atom stereocenters. The summed E-state index contributed by atoms with van der Waals surface area (Å²) in [6.45, 7) is 1.51. The monoisotopic (exact) mass is 459 g/mol. The standard InChI is InChI=1S/C23H22ClN3OS.ClH/c1-26(2)12-5-13-27(23-25-20-11-10-19(24)15-21(20)29-23)22(28)18-9-8-16-6-3-4-7-17(16)14-18;/h3-4,6-11,14-15H,5,12-13H2,1-2H3;1H. The van der Waals surface area contributed by atoms with Crippen molar-refractivity contribution in [3.63, 3.8) is 0 Å². The highest BCUT2D eigenvalue weighted by molar-refractivity contribution is 7.22. The summed E-state index contributed by atoms with van der Waals surface area (Å²) in [6, 6.07) is 19.6. The van der Waals surface area contributed by atoms with Gasteiger partial charge in [-0.1, -0.05) is 53.3 Å². The molecular weight excluding hydrogens is 437 g/mol. The van der Waals surface area contributed by atoms with Crippen molar-refractivity contribution in [3.8, 4) is 0 Å². The molecule has 4 aromatic rings. The number of benzene rings is 3. The van der Waals surface area contributed by atoms with Crippen LogP contribution in [0.15, 0.2) is 60.7 Å². The first-order valence-electron chi connectivity index (χ1n) is 9.53. The first-order valence-corrected chi connectivity index (χ1v) is 10.7. The zero-order chi connectivity index (χ0) is 20.4. The van der Waals surface area contributed by atoms with Crippen LogP contribution in [0.2, 0.25) is 5.02 Å². The maximum Gasteiger partial charge on any atom is 0.260 e. The van der Waals surface area contributed by atoms with Gasteiger partial charge >= 0.3 is 0 Å². The van der Waals surface area contributed by atoms with Crippen LogP contribution in [-0.4, -0.2) is 43.0 Å². The maximum atomic E-state index is 13.5. The summed E-state index contributed by atoms with van der Waals surface area (Å²) in [7, 11) is 4.07. The highest BCUT2D eigenvalue weighted by Gasteiger charge is 2.21. The molecule has 1 aromatic heterocycles. The molecule has 0 fully saturated rings. The maximum absolute atomic E-state index is 13.5. The number of amides is 1. The van der Waals surface area contributed by atoms with Gasteiger partial charge in [0.25, 0.3) is 5.91 Å². The second-order valence-electron chi connectivity index (χ2n) is 7.28. The third-order valence-corrected chi connectivity index (χ3v) is 6.07. The number of hydrogen-bond donors (Lipinski definition) is 0. The summed E-state index contributed by atoms with van der Waals surface area (Å²) < 4.78 is 0.983. The second kappa shape index (κ2) is 9.75. The van der Waals surface area contributed by atoms with Gasteiger partial charge < -0.3 is 4.90 Å². The van der Waals surface area contributed by atoms with E-state index in [0.29, 0.717) is 22.3 Å². The predicted molar refractivity (Wildman–Crippen MR) is 131 cm³/mol. The van der Waals surface area contributed by atoms with Crippen LogP contribution in [0.25, 0.3) is 21.0 Å². The van der Waals surface area contributed by atoms with Crippen molar-refractivity contribution in [3.05, 3.63) is 71.2 Å². The van der Waals surface area contributed by atoms with E-state index >= 15 is 0 Å². The third kappa shape index (κ3) is 4.93. The van der Waals surface area contributed by atoms with Gasteiger partial charge in [-0.15, -0.1) is 12.4 Å². The minimum absolute atomic E-state index is 0. The van der Waals surface area contributed by atoms with Gasteiger partial charge in [0.2, 0.25) is 0 Å². The molecule has 4 nitrogen and oxygen atoms in total. The van der Waals surface area contributed by atoms with Crippen molar-refractivity contribution in [1.82, 2.24) is 9.88 Å². The summed E-state index contributed by atoms with van der Waals surface area (Å²) in [5.41, 5.74) is 1.53. The summed E-state index contributed by atoms with van der Waals surface area (Å²) in [4.78, 5) is 22.1. The van der Waals surface area contributed by atoms with E-state index in [1.807, 2.05) is 68.7 Å². The number of anilines is 1. The Morgan fingerprint density at radius 2 is 1.77 bits per heavy atom. The minimum Gasteiger partial charge on any atom is -0.309 e. The lowest BCUT2D eigenvalue weighted by atomic mass is 10.1. The van der Waals surface area contributed by atoms with Crippen LogP contribution >= 0.6 is 35.3 Å². The molecule has 0 N–H and O–H groups in total. The average Bonchev–Trinajstić information content (AvgIpc) is 3.13. The van der Waals surface area contributed by atoms with Crippen LogP contribution < -0.4 is 4.90 Å². The Morgan fingerprint density at radius 3 is 2.53 bits per heavy atom. The van der Waals surface area contributed by atoms with Gasteiger partial charge in [0.15, 0.2) is 5.13 Å². The number of carbonyl (C=O) groups excluding carboxylic acids is 1. The van der Waals surface area contributed by atoms with Crippen molar-refractivity contribution in [2.75, 3.05) is 32.1 Å². The molecule has 0 unspecified atom stereocenters. The quantitative estimate of drug-likeness (QED) is 0.348. The fourth-order valence-corrected chi connectivity index (χ4v) is 4.58. The Morgan fingerprint density at radius 1 is 1.00 bits per heavy atom. The lowest BCUT2D eigenvalue weighted by molar-refractivity contribution is 0.0986. The lowest BCUT2D eigenvalue weighted by Crippen LogP contribution is -2.33. The molecule has 0 saturated heterocycles. The number of hydrogen-bond acceptors (Lipinski definition) is 4. The van der Waals surface area contributed by atoms with E-state index in [0.717, 1.165) is 34.0 Å². The van der Waals surface area contributed by atoms with Gasteiger partial charge in [-0.3, -0.25) is 9.69 Å². The van der Waals surface area contributed by atoms with Crippen LogP contribution in [-0.2, 0) is 0 Å². The first kappa shape index (κ1) is 22.5. The van der Waals surface area contributed by atoms with E-state index in [1.54, 1.807) is 4.90 Å². The summed E-state index contributed by atoms with van der Waals surface area (Å²) in [6.07, 6.45) is 0.864. The average molecular weight is 460 g/mol. The molecule has 1 heterocycles. The fraction of sp³-hybridized carbons (Fsp3) is 0.217. The van der Waals surface area contributed by atoms with Gasteiger partial charge in [0.05, 0.1) is 10.2 Å². The predicted octanol–water partition coefficient (Wildman–Crippen LogP) is 6.12. The van der Waals surface area contributed by atoms with E-state index < -0.39 is 0 Å². The van der Waals surface area contributed by atoms with Crippen LogP contribution in [0, 0.1) is 0 Å². The molecule has 0 aliphatic rings. The fourth-order valence-electron chi connectivity index (χ4n) is 3.31. The molecule has 7 heteroatoms. The molecule has 0 spiro atoms. The molecule has 0 radical (unpaired) electrons. The van der Waals surface area contributed by atoms with Crippen LogP contribution in [0.4, 0.5) is 5.13 Å². The van der Waals surface area contributed by atoms with Gasteiger partial charge in [0.1, 0.15) is 0 Å². The Bertz CT molecular complexity index is 1180. The molecule has 0 aliphatic heterocycles. The number of rotatable bonds is 6. The van der Waals surface area contributed by atoms with E-state index in [1.165, 1.54) is 11.3 Å². The molecule has 4 rings (SSSR count). The van der Waals surface area contributed by atoms with Crippen LogP contribution in [0.1, 0.15) is 16.8 Å². The molecule has 1 amide bonds. The summed E-state index contributed by atoms with van der Waals surface area (Å²) in [5.74, 6) is -0.0281. The third-order valence-electron chi connectivity index (χ3n) is 4.80. The van der Waals surface area contributed by atoms with E-state index in [4.69, 9.17) is 16.6 Å². The number of aromatic nitrogens is 1. The van der Waals surface area contributed by atoms with Crippen molar-refractivity contribution in [2.24, 2.45) is 0 Å². The van der Waals surface area contributed by atoms with Gasteiger partial charge in [-0.05, 0) is 68.2 Å². The van der Waals surface area contributed by atoms with Gasteiger partial charge in [0, 0.05) is 17.1 Å². The molecular formula is C23H23Cl2N3OS. The largest absolute Gasteiger partial charge is 0.309 e. The zero-order valence-electron chi connectivity index (χ0n) is 16.8. The summed E-state index contributed by atoms with van der Waals surface area (Å²) >= 11 is 7.63. The Balaban J connectivity index is 0.00000256. The zero-order valence-corrected chi connectivity index (χ0v) is 19.2. The molecule has 0 aliphatic carbocycles. The van der Waals surface area contributed by atoms with Crippen molar-refractivity contribution in [1.29, 1.82) is 0 Å². The molecule has 0 saturated carbocycles. The van der Waals surface area contributed by atoms with Gasteiger partial charge in [-0.2, -0.15) is 0 Å². The first-order chi connectivity index (χ1) is 14.0. The Labute approximate surface area is 191 Å². The van der Waals surface area contributed by atoms with Crippen molar-refractivity contribution >= 4 is 67.4 Å². The van der Waals surface area contributed by atoms with E-state index in [2.05, 4.69) is 11.0 Å². The highest BCUT2D eigenvalue weighted by atomic mass is 35.5. The van der Waals surface area contributed by atoms with E-state index in [-0.39, 0.29) is 18.3 Å². The number of carbonyl (C=O) groups is 1.